The minimum absolute atomic E-state index is 0.153. The Morgan fingerprint density at radius 2 is 2.00 bits per heavy atom. The molecule has 3 N–H and O–H groups in total. The number of pyridine rings is 1. The summed E-state index contributed by atoms with van der Waals surface area (Å²) in [6, 6.07) is 4.83. The van der Waals surface area contributed by atoms with Crippen LogP contribution in [0.1, 0.15) is 16.1 Å². The van der Waals surface area contributed by atoms with Gasteiger partial charge in [-0.25, -0.2) is 4.98 Å². The predicted octanol–water partition coefficient (Wildman–Crippen LogP) is 1.46. The molecule has 0 atom stereocenters. The minimum atomic E-state index is -0.369. The Balaban J connectivity index is 0.000000246. The SMILES string of the molecule is C1CNCCN1.Cc1cc(NC(=O)c2cccnc2Cl)no1. The Morgan fingerprint density at radius 1 is 1.32 bits per heavy atom. The summed E-state index contributed by atoms with van der Waals surface area (Å²) in [5, 5.41) is 12.8. The molecule has 1 fully saturated rings. The summed E-state index contributed by atoms with van der Waals surface area (Å²) in [7, 11) is 0. The Morgan fingerprint density at radius 3 is 2.50 bits per heavy atom. The number of halogens is 1. The van der Waals surface area contributed by atoms with Crippen molar-refractivity contribution in [2.75, 3.05) is 31.5 Å². The topological polar surface area (TPSA) is 92.1 Å². The second kappa shape index (κ2) is 8.47. The van der Waals surface area contributed by atoms with Crippen LogP contribution < -0.4 is 16.0 Å². The van der Waals surface area contributed by atoms with Gasteiger partial charge in [-0.15, -0.1) is 0 Å². The summed E-state index contributed by atoms with van der Waals surface area (Å²) in [6.45, 7) is 6.29. The fourth-order valence-corrected chi connectivity index (χ4v) is 1.97. The van der Waals surface area contributed by atoms with Gasteiger partial charge < -0.3 is 20.5 Å². The highest BCUT2D eigenvalue weighted by molar-refractivity contribution is 6.33. The van der Waals surface area contributed by atoms with Crippen molar-refractivity contribution in [3.63, 3.8) is 0 Å². The van der Waals surface area contributed by atoms with Gasteiger partial charge in [-0.2, -0.15) is 0 Å². The molecule has 3 rings (SSSR count). The van der Waals surface area contributed by atoms with Crippen LogP contribution in [0.5, 0.6) is 0 Å². The maximum Gasteiger partial charge on any atom is 0.260 e. The van der Waals surface area contributed by atoms with Crippen molar-refractivity contribution in [2.45, 2.75) is 6.92 Å². The van der Waals surface area contributed by atoms with E-state index in [2.05, 4.69) is 26.1 Å². The van der Waals surface area contributed by atoms with E-state index in [0.717, 1.165) is 26.2 Å². The molecule has 8 heteroatoms. The van der Waals surface area contributed by atoms with Gasteiger partial charge in [0, 0.05) is 38.4 Å². The standard InChI is InChI=1S/C10H8ClN3O2.C4H10N2/c1-6-5-8(14-16-6)13-10(15)7-3-2-4-12-9(7)11;1-2-6-4-3-5-1/h2-5H,1H3,(H,13,14,15);5-6H,1-4H2. The molecule has 1 aliphatic rings. The average Bonchev–Trinajstić information content (AvgIpc) is 2.95. The second-order valence-electron chi connectivity index (χ2n) is 4.62. The fourth-order valence-electron chi connectivity index (χ4n) is 1.77. The van der Waals surface area contributed by atoms with Gasteiger partial charge in [0.1, 0.15) is 10.9 Å². The molecule has 3 heterocycles. The largest absolute Gasteiger partial charge is 0.360 e. The van der Waals surface area contributed by atoms with E-state index in [1.165, 1.54) is 6.20 Å². The summed E-state index contributed by atoms with van der Waals surface area (Å²) in [6.07, 6.45) is 1.51. The molecule has 0 bridgehead atoms. The highest BCUT2D eigenvalue weighted by Gasteiger charge is 2.12. The first-order valence-electron chi connectivity index (χ1n) is 6.93. The van der Waals surface area contributed by atoms with Crippen LogP contribution in [0.2, 0.25) is 5.15 Å². The number of piperazine rings is 1. The van der Waals surface area contributed by atoms with Crippen molar-refractivity contribution in [3.8, 4) is 0 Å². The number of carbonyl (C=O) groups is 1. The molecule has 2 aromatic heterocycles. The molecule has 1 saturated heterocycles. The fraction of sp³-hybridized carbons (Fsp3) is 0.357. The molecule has 118 valence electrons. The third-order valence-electron chi connectivity index (χ3n) is 2.83. The summed E-state index contributed by atoms with van der Waals surface area (Å²) >= 11 is 5.77. The zero-order valence-corrected chi connectivity index (χ0v) is 13.0. The lowest BCUT2D eigenvalue weighted by atomic mass is 10.2. The number of rotatable bonds is 2. The molecule has 0 unspecified atom stereocenters. The highest BCUT2D eigenvalue weighted by atomic mass is 35.5. The molecule has 22 heavy (non-hydrogen) atoms. The smallest absolute Gasteiger partial charge is 0.260 e. The quantitative estimate of drug-likeness (QED) is 0.725. The molecular formula is C14H18ClN5O2. The summed E-state index contributed by atoms with van der Waals surface area (Å²) in [5.74, 6) is 0.599. The number of aryl methyl sites for hydroxylation is 1. The molecule has 1 aliphatic heterocycles. The maximum atomic E-state index is 11.7. The number of aromatic nitrogens is 2. The monoisotopic (exact) mass is 323 g/mol. The summed E-state index contributed by atoms with van der Waals surface area (Å²) in [5.41, 5.74) is 0.296. The van der Waals surface area contributed by atoms with E-state index < -0.39 is 0 Å². The van der Waals surface area contributed by atoms with Crippen molar-refractivity contribution < 1.29 is 9.32 Å². The molecule has 0 aromatic carbocycles. The van der Waals surface area contributed by atoms with Crippen molar-refractivity contribution >= 4 is 23.3 Å². The molecule has 1 amide bonds. The van der Waals surface area contributed by atoms with Gasteiger partial charge in [0.2, 0.25) is 0 Å². The minimum Gasteiger partial charge on any atom is -0.360 e. The van der Waals surface area contributed by atoms with E-state index in [9.17, 15) is 4.79 Å². The second-order valence-corrected chi connectivity index (χ2v) is 4.98. The van der Waals surface area contributed by atoms with E-state index in [1.54, 1.807) is 25.1 Å². The molecular weight excluding hydrogens is 306 g/mol. The number of nitrogens with one attached hydrogen (secondary N) is 3. The van der Waals surface area contributed by atoms with Crippen LogP contribution in [0.4, 0.5) is 5.82 Å². The van der Waals surface area contributed by atoms with Crippen LogP contribution in [-0.4, -0.2) is 42.2 Å². The van der Waals surface area contributed by atoms with Crippen LogP contribution in [0, 0.1) is 6.92 Å². The average molecular weight is 324 g/mol. The number of carbonyl (C=O) groups excluding carboxylic acids is 1. The maximum absolute atomic E-state index is 11.7. The first-order valence-corrected chi connectivity index (χ1v) is 7.31. The summed E-state index contributed by atoms with van der Waals surface area (Å²) < 4.78 is 4.82. The van der Waals surface area contributed by atoms with E-state index in [4.69, 9.17) is 16.1 Å². The van der Waals surface area contributed by atoms with E-state index >= 15 is 0 Å². The Kier molecular flexibility index (Phi) is 6.32. The van der Waals surface area contributed by atoms with Crippen LogP contribution in [-0.2, 0) is 0 Å². The molecule has 0 aliphatic carbocycles. The third-order valence-corrected chi connectivity index (χ3v) is 3.13. The van der Waals surface area contributed by atoms with Crippen molar-refractivity contribution in [1.29, 1.82) is 0 Å². The van der Waals surface area contributed by atoms with Crippen LogP contribution in [0.3, 0.4) is 0 Å². The Bertz CT molecular complexity index is 601. The Hall–Kier alpha value is -1.96. The van der Waals surface area contributed by atoms with Gasteiger partial charge in [0.25, 0.3) is 5.91 Å². The van der Waals surface area contributed by atoms with Crippen molar-refractivity contribution in [2.24, 2.45) is 0 Å². The molecule has 0 spiro atoms. The van der Waals surface area contributed by atoms with Gasteiger partial charge in [0.05, 0.1) is 5.56 Å². The number of anilines is 1. The lowest BCUT2D eigenvalue weighted by Crippen LogP contribution is -2.39. The van der Waals surface area contributed by atoms with E-state index in [0.29, 0.717) is 17.1 Å². The normalized spacial score (nSPS) is 13.9. The number of amides is 1. The molecule has 0 saturated carbocycles. The lowest BCUT2D eigenvalue weighted by molar-refractivity contribution is 0.102. The van der Waals surface area contributed by atoms with Gasteiger partial charge in [-0.1, -0.05) is 16.8 Å². The molecule has 7 nitrogen and oxygen atoms in total. The zero-order chi connectivity index (χ0) is 15.8. The number of hydrogen-bond acceptors (Lipinski definition) is 6. The van der Waals surface area contributed by atoms with Crippen molar-refractivity contribution in [1.82, 2.24) is 20.8 Å². The van der Waals surface area contributed by atoms with Crippen LogP contribution in [0.25, 0.3) is 0 Å². The van der Waals surface area contributed by atoms with E-state index in [-0.39, 0.29) is 11.1 Å². The first kappa shape index (κ1) is 16.4. The van der Waals surface area contributed by atoms with Crippen LogP contribution >= 0.6 is 11.6 Å². The van der Waals surface area contributed by atoms with Gasteiger partial charge in [-0.3, -0.25) is 4.79 Å². The zero-order valence-electron chi connectivity index (χ0n) is 12.2. The summed E-state index contributed by atoms with van der Waals surface area (Å²) in [4.78, 5) is 15.5. The van der Waals surface area contributed by atoms with E-state index in [1.807, 2.05) is 0 Å². The third kappa shape index (κ3) is 5.10. The molecule has 0 radical (unpaired) electrons. The van der Waals surface area contributed by atoms with Gasteiger partial charge >= 0.3 is 0 Å². The lowest BCUT2D eigenvalue weighted by Gasteiger charge is -2.11. The van der Waals surface area contributed by atoms with Crippen molar-refractivity contribution in [3.05, 3.63) is 40.9 Å². The Labute approximate surface area is 133 Å². The first-order chi connectivity index (χ1) is 10.7. The highest BCUT2D eigenvalue weighted by Crippen LogP contribution is 2.14. The number of nitrogens with zero attached hydrogens (tertiary/aromatic N) is 2. The number of hydrogen-bond donors (Lipinski definition) is 3. The van der Waals surface area contributed by atoms with Gasteiger partial charge in [0.15, 0.2) is 5.82 Å². The predicted molar refractivity (Wildman–Crippen MR) is 84.2 cm³/mol. The van der Waals surface area contributed by atoms with Gasteiger partial charge in [-0.05, 0) is 19.1 Å². The molecule has 2 aromatic rings. The van der Waals surface area contributed by atoms with Crippen LogP contribution in [0.15, 0.2) is 28.9 Å².